The first kappa shape index (κ1) is 20.5. The number of carbonyl (C=O) groups excluding carboxylic acids is 2. The van der Waals surface area contributed by atoms with Gasteiger partial charge in [0.2, 0.25) is 29.1 Å². The lowest BCUT2D eigenvalue weighted by molar-refractivity contribution is -0.160. The number of ether oxygens (including phenoxy) is 2. The smallest absolute Gasteiger partial charge is 0.351 e. The van der Waals surface area contributed by atoms with Gasteiger partial charge in [-0.1, -0.05) is 6.58 Å². The lowest BCUT2D eigenvalue weighted by Crippen LogP contribution is -2.21. The van der Waals surface area contributed by atoms with Crippen LogP contribution in [0.4, 0.5) is 22.0 Å². The molecule has 1 aromatic carbocycles. The number of esters is 2. The van der Waals surface area contributed by atoms with E-state index >= 15 is 0 Å². The normalized spacial score (nSPS) is 11.1. The summed E-state index contributed by atoms with van der Waals surface area (Å²) in [6.45, 7) is 1.62. The van der Waals surface area contributed by atoms with Crippen LogP contribution in [0.2, 0.25) is 0 Å². The Balaban J connectivity index is 2.69. The summed E-state index contributed by atoms with van der Waals surface area (Å²) in [6, 6.07) is 0. The van der Waals surface area contributed by atoms with E-state index in [9.17, 15) is 40.0 Å². The van der Waals surface area contributed by atoms with Gasteiger partial charge >= 0.3 is 11.9 Å². The number of carbonyl (C=O) groups is 2. The third kappa shape index (κ3) is 5.24. The highest BCUT2D eigenvalue weighted by Gasteiger charge is 2.27. The first-order valence-electron chi connectivity index (χ1n) is 6.23. The zero-order valence-electron chi connectivity index (χ0n) is 12.2. The Hall–Kier alpha value is -2.50. The van der Waals surface area contributed by atoms with Crippen molar-refractivity contribution < 1.29 is 49.4 Å². The molecular formula is C13H9F5O6S. The molecule has 0 aliphatic carbocycles. The van der Waals surface area contributed by atoms with E-state index in [0.29, 0.717) is 5.41 Å². The van der Waals surface area contributed by atoms with Crippen molar-refractivity contribution in [2.45, 2.75) is 6.42 Å². The van der Waals surface area contributed by atoms with Crippen LogP contribution in [0.3, 0.4) is 0 Å². The first-order valence-corrected chi connectivity index (χ1v) is 7.94. The van der Waals surface area contributed by atoms with E-state index in [1.807, 2.05) is 0 Å². The molecule has 0 N–H and O–H groups in total. The van der Waals surface area contributed by atoms with E-state index in [1.165, 1.54) is 0 Å². The zero-order valence-corrected chi connectivity index (χ0v) is 13.0. The number of hydrogen-bond donors (Lipinski definition) is 0. The van der Waals surface area contributed by atoms with Crippen molar-refractivity contribution in [3.8, 4) is 5.75 Å². The molecule has 6 nitrogen and oxygen atoms in total. The Labute approximate surface area is 137 Å². The molecule has 0 aliphatic heterocycles. The molecule has 0 heterocycles. The van der Waals surface area contributed by atoms with E-state index in [2.05, 4.69) is 16.1 Å². The number of rotatable bonds is 7. The lowest BCUT2D eigenvalue weighted by atomic mass is 10.2. The van der Waals surface area contributed by atoms with Crippen LogP contribution >= 0.6 is 0 Å². The van der Waals surface area contributed by atoms with E-state index in [-0.39, 0.29) is 0 Å². The van der Waals surface area contributed by atoms with Crippen molar-refractivity contribution in [1.29, 1.82) is 0 Å². The summed E-state index contributed by atoms with van der Waals surface area (Å²) >= 11 is 0. The third-order valence-corrected chi connectivity index (χ3v) is 3.86. The van der Waals surface area contributed by atoms with Crippen LogP contribution in [0.25, 0.3) is 0 Å². The van der Waals surface area contributed by atoms with E-state index in [0.717, 1.165) is 0 Å². The quantitative estimate of drug-likeness (QED) is 0.233. The molecule has 0 amide bonds. The fourth-order valence-corrected chi connectivity index (χ4v) is 1.98. The Kier molecular flexibility index (Phi) is 6.62. The molecule has 0 aliphatic rings. The molecule has 0 bridgehead atoms. The Bertz CT molecular complexity index is 792. The zero-order chi connectivity index (χ0) is 19.4. The molecular weight excluding hydrogens is 379 g/mol. The van der Waals surface area contributed by atoms with Gasteiger partial charge in [-0.2, -0.15) is 8.78 Å². The van der Waals surface area contributed by atoms with Crippen molar-refractivity contribution >= 4 is 21.8 Å². The van der Waals surface area contributed by atoms with Crippen LogP contribution in [0.15, 0.2) is 12.0 Å². The van der Waals surface area contributed by atoms with Gasteiger partial charge in [-0.15, -0.1) is 0 Å². The number of benzene rings is 1. The van der Waals surface area contributed by atoms with Gasteiger partial charge in [-0.25, -0.2) is 26.4 Å². The molecule has 0 radical (unpaired) electrons. The SMILES string of the molecule is C=CS(=O)(=O)CCC(=O)OC(=O)COc1c(F)c(F)c(F)c(F)c1F. The van der Waals surface area contributed by atoms with Crippen LogP contribution in [-0.2, 0) is 24.2 Å². The number of sulfone groups is 1. The molecule has 0 unspecified atom stereocenters. The average molecular weight is 388 g/mol. The Morgan fingerprint density at radius 3 is 1.88 bits per heavy atom. The molecule has 12 heteroatoms. The Morgan fingerprint density at radius 2 is 1.40 bits per heavy atom. The lowest BCUT2D eigenvalue weighted by Gasteiger charge is -2.09. The number of hydrogen-bond acceptors (Lipinski definition) is 6. The van der Waals surface area contributed by atoms with Crippen LogP contribution in [-0.4, -0.2) is 32.7 Å². The molecule has 0 saturated heterocycles. The van der Waals surface area contributed by atoms with Gasteiger partial charge in [0.05, 0.1) is 12.2 Å². The fourth-order valence-electron chi connectivity index (χ4n) is 1.36. The van der Waals surface area contributed by atoms with Gasteiger partial charge in [-0.05, 0) is 0 Å². The highest BCUT2D eigenvalue weighted by Crippen LogP contribution is 2.28. The molecule has 0 spiro atoms. The monoisotopic (exact) mass is 388 g/mol. The average Bonchev–Trinajstić information content (AvgIpc) is 2.56. The van der Waals surface area contributed by atoms with Crippen LogP contribution in [0.1, 0.15) is 6.42 Å². The minimum atomic E-state index is -3.73. The first-order chi connectivity index (χ1) is 11.5. The molecule has 1 aromatic rings. The van der Waals surface area contributed by atoms with E-state index in [4.69, 9.17) is 0 Å². The summed E-state index contributed by atoms with van der Waals surface area (Å²) in [7, 11) is -3.73. The van der Waals surface area contributed by atoms with Crippen molar-refractivity contribution in [1.82, 2.24) is 0 Å². The minimum absolute atomic E-state index is 0.578. The van der Waals surface area contributed by atoms with Gasteiger partial charge in [0, 0.05) is 5.41 Å². The maximum absolute atomic E-state index is 13.3. The maximum Gasteiger partial charge on any atom is 0.351 e. The second-order valence-corrected chi connectivity index (χ2v) is 6.38. The third-order valence-electron chi connectivity index (χ3n) is 2.58. The molecule has 0 aromatic heterocycles. The highest BCUT2D eigenvalue weighted by molar-refractivity contribution is 7.94. The van der Waals surface area contributed by atoms with E-state index in [1.54, 1.807) is 0 Å². The summed E-state index contributed by atoms with van der Waals surface area (Å²) < 4.78 is 95.5. The minimum Gasteiger partial charge on any atom is -0.476 e. The van der Waals surface area contributed by atoms with Crippen LogP contribution < -0.4 is 4.74 Å². The highest BCUT2D eigenvalue weighted by atomic mass is 32.2. The number of halogens is 5. The molecule has 0 atom stereocenters. The molecule has 0 saturated carbocycles. The standard InChI is InChI=1S/C13H9F5O6S/c1-2-25(21,22)4-3-6(19)24-7(20)5-23-13-11(17)9(15)8(14)10(16)12(13)18/h2H,1,3-5H2. The molecule has 25 heavy (non-hydrogen) atoms. The van der Waals surface area contributed by atoms with Crippen molar-refractivity contribution in [2.24, 2.45) is 0 Å². The second kappa shape index (κ2) is 8.05. The molecule has 138 valence electrons. The maximum atomic E-state index is 13.3. The largest absolute Gasteiger partial charge is 0.476 e. The summed E-state index contributed by atoms with van der Waals surface area (Å²) in [5.41, 5.74) is 0. The van der Waals surface area contributed by atoms with Gasteiger partial charge in [0.25, 0.3) is 0 Å². The van der Waals surface area contributed by atoms with Crippen molar-refractivity contribution in [3.63, 3.8) is 0 Å². The fraction of sp³-hybridized carbons (Fsp3) is 0.231. The molecule has 1 rings (SSSR count). The topological polar surface area (TPSA) is 86.7 Å². The summed E-state index contributed by atoms with van der Waals surface area (Å²) in [6.07, 6.45) is -0.734. The van der Waals surface area contributed by atoms with Crippen LogP contribution in [0, 0.1) is 29.1 Å². The molecule has 0 fully saturated rings. The Morgan fingerprint density at radius 1 is 0.920 bits per heavy atom. The van der Waals surface area contributed by atoms with Gasteiger partial charge in [0.1, 0.15) is 0 Å². The van der Waals surface area contributed by atoms with E-state index < -0.39 is 75.4 Å². The predicted octanol–water partition coefficient (Wildman–Crippen LogP) is 1.78. The summed E-state index contributed by atoms with van der Waals surface area (Å²) in [5.74, 6) is -16.9. The van der Waals surface area contributed by atoms with Gasteiger partial charge in [0.15, 0.2) is 22.2 Å². The summed E-state index contributed by atoms with van der Waals surface area (Å²) in [4.78, 5) is 22.4. The second-order valence-electron chi connectivity index (χ2n) is 4.32. The van der Waals surface area contributed by atoms with Gasteiger partial charge < -0.3 is 9.47 Å². The predicted molar refractivity (Wildman–Crippen MR) is 71.4 cm³/mol. The van der Waals surface area contributed by atoms with Crippen LogP contribution in [0.5, 0.6) is 5.75 Å². The van der Waals surface area contributed by atoms with Crippen molar-refractivity contribution in [2.75, 3.05) is 12.4 Å². The van der Waals surface area contributed by atoms with Gasteiger partial charge in [-0.3, -0.25) is 4.79 Å². The van der Waals surface area contributed by atoms with Crippen molar-refractivity contribution in [3.05, 3.63) is 41.1 Å². The summed E-state index contributed by atoms with van der Waals surface area (Å²) in [5, 5.41) is 0.578.